The van der Waals surface area contributed by atoms with Crippen molar-refractivity contribution in [1.82, 2.24) is 5.32 Å². The minimum atomic E-state index is -4.50. The van der Waals surface area contributed by atoms with E-state index < -0.39 is 30.6 Å². The Kier molecular flexibility index (Phi) is 8.46. The van der Waals surface area contributed by atoms with Gasteiger partial charge in [-0.3, -0.25) is 9.59 Å². The lowest BCUT2D eigenvalue weighted by Crippen LogP contribution is -2.37. The summed E-state index contributed by atoms with van der Waals surface area (Å²) < 4.78 is 36.7. The van der Waals surface area contributed by atoms with E-state index in [1.165, 1.54) is 12.1 Å². The molecule has 0 saturated carbocycles. The summed E-state index contributed by atoms with van der Waals surface area (Å²) >= 11 is 0. The molecule has 0 aliphatic rings. The molecule has 0 bridgehead atoms. The Morgan fingerprint density at radius 2 is 1.75 bits per heavy atom. The van der Waals surface area contributed by atoms with Gasteiger partial charge in [0, 0.05) is 11.3 Å². The van der Waals surface area contributed by atoms with Gasteiger partial charge < -0.3 is 16.4 Å². The lowest BCUT2D eigenvalue weighted by atomic mass is 10.1. The number of nitrogens with two attached hydrogens (primary N) is 1. The number of hydrogen-bond donors (Lipinski definition) is 3. The maximum absolute atomic E-state index is 12.3. The van der Waals surface area contributed by atoms with E-state index in [9.17, 15) is 22.8 Å². The quantitative estimate of drug-likeness (QED) is 0.677. The summed E-state index contributed by atoms with van der Waals surface area (Å²) in [5.74, 6) is -1.33. The lowest BCUT2D eigenvalue weighted by molar-refractivity contribution is -0.123. The Labute approximate surface area is 166 Å². The number of amides is 2. The van der Waals surface area contributed by atoms with Crippen LogP contribution < -0.4 is 16.4 Å². The molecule has 0 aliphatic heterocycles. The lowest BCUT2D eigenvalue weighted by Gasteiger charge is -2.15. The molecule has 2 aromatic rings. The first-order chi connectivity index (χ1) is 12.7. The molecule has 0 aromatic heterocycles. The first kappa shape index (κ1) is 23.5. The van der Waals surface area contributed by atoms with Crippen LogP contribution >= 0.6 is 12.4 Å². The van der Waals surface area contributed by atoms with E-state index >= 15 is 0 Å². The van der Waals surface area contributed by atoms with Gasteiger partial charge in [-0.15, -0.1) is 12.4 Å². The number of halogens is 4. The molecule has 0 saturated heterocycles. The van der Waals surface area contributed by atoms with Crippen LogP contribution in [0.5, 0.6) is 0 Å². The van der Waals surface area contributed by atoms with Crippen molar-refractivity contribution in [3.05, 3.63) is 65.2 Å². The number of carbonyl (C=O) groups excluding carboxylic acids is 2. The van der Waals surface area contributed by atoms with Gasteiger partial charge in [-0.1, -0.05) is 36.4 Å². The second-order valence-corrected chi connectivity index (χ2v) is 6.11. The molecule has 28 heavy (non-hydrogen) atoms. The van der Waals surface area contributed by atoms with Crippen molar-refractivity contribution < 1.29 is 22.8 Å². The van der Waals surface area contributed by atoms with Gasteiger partial charge in [-0.2, -0.15) is 13.2 Å². The Morgan fingerprint density at radius 1 is 1.11 bits per heavy atom. The van der Waals surface area contributed by atoms with Crippen molar-refractivity contribution in [1.29, 1.82) is 0 Å². The van der Waals surface area contributed by atoms with Crippen LogP contribution in [0.1, 0.15) is 21.5 Å². The summed E-state index contributed by atoms with van der Waals surface area (Å²) in [6.07, 6.45) is -4.17. The highest BCUT2D eigenvalue weighted by Crippen LogP contribution is 2.18. The van der Waals surface area contributed by atoms with Gasteiger partial charge in [0.15, 0.2) is 0 Å². The Morgan fingerprint density at radius 3 is 2.36 bits per heavy atom. The second-order valence-electron chi connectivity index (χ2n) is 6.11. The fourth-order valence-electron chi connectivity index (χ4n) is 2.37. The standard InChI is InChI=1S/C19H20F3N3O2.ClH/c1-12-7-8-14(17(26)24-11-19(20,21)22)10-16(12)25-18(27)15(23)9-13-5-3-2-4-6-13;/h2-8,10,15H,9,11,23H2,1H3,(H,24,26)(H,25,27);1H/t15-;/m0./s1. The second kappa shape index (κ2) is 10.1. The molecule has 152 valence electrons. The van der Waals surface area contributed by atoms with E-state index in [2.05, 4.69) is 5.32 Å². The van der Waals surface area contributed by atoms with Crippen molar-refractivity contribution in [2.24, 2.45) is 5.73 Å². The van der Waals surface area contributed by atoms with Gasteiger partial charge in [0.05, 0.1) is 6.04 Å². The van der Waals surface area contributed by atoms with E-state index in [0.717, 1.165) is 5.56 Å². The first-order valence-electron chi connectivity index (χ1n) is 8.21. The van der Waals surface area contributed by atoms with Crippen LogP contribution in [0.4, 0.5) is 18.9 Å². The van der Waals surface area contributed by atoms with E-state index in [4.69, 9.17) is 5.73 Å². The van der Waals surface area contributed by atoms with Crippen LogP contribution in [0.25, 0.3) is 0 Å². The number of benzene rings is 2. The third-order valence-corrected chi connectivity index (χ3v) is 3.84. The molecule has 9 heteroatoms. The molecule has 0 unspecified atom stereocenters. The number of aryl methyl sites for hydroxylation is 1. The zero-order valence-corrected chi connectivity index (χ0v) is 15.9. The normalized spacial score (nSPS) is 11.9. The fourth-order valence-corrected chi connectivity index (χ4v) is 2.37. The molecule has 2 aromatic carbocycles. The van der Waals surface area contributed by atoms with Crippen LogP contribution in [0.3, 0.4) is 0 Å². The van der Waals surface area contributed by atoms with Gasteiger partial charge in [0.25, 0.3) is 5.91 Å². The molecule has 0 radical (unpaired) electrons. The Bertz CT molecular complexity index is 814. The number of nitrogens with one attached hydrogen (secondary N) is 2. The molecule has 2 amide bonds. The van der Waals surface area contributed by atoms with Crippen LogP contribution in [0, 0.1) is 6.92 Å². The minimum absolute atomic E-state index is 0. The molecule has 1 atom stereocenters. The van der Waals surface area contributed by atoms with E-state index in [1.807, 2.05) is 30.3 Å². The van der Waals surface area contributed by atoms with Crippen molar-refractivity contribution >= 4 is 29.9 Å². The van der Waals surface area contributed by atoms with Gasteiger partial charge in [-0.25, -0.2) is 0 Å². The van der Waals surface area contributed by atoms with Crippen LogP contribution in [0.2, 0.25) is 0 Å². The van der Waals surface area contributed by atoms with E-state index in [-0.39, 0.29) is 18.0 Å². The van der Waals surface area contributed by atoms with Crippen molar-refractivity contribution in [2.75, 3.05) is 11.9 Å². The van der Waals surface area contributed by atoms with Crippen molar-refractivity contribution in [3.63, 3.8) is 0 Å². The molecular formula is C19H21ClF3N3O2. The molecule has 2 rings (SSSR count). The fraction of sp³-hybridized carbons (Fsp3) is 0.263. The summed E-state index contributed by atoms with van der Waals surface area (Å²) in [5.41, 5.74) is 7.81. The average Bonchev–Trinajstić information content (AvgIpc) is 2.61. The number of alkyl halides is 3. The molecule has 4 N–H and O–H groups in total. The molecule has 0 heterocycles. The number of carbonyl (C=O) groups is 2. The van der Waals surface area contributed by atoms with Crippen LogP contribution in [-0.2, 0) is 11.2 Å². The Balaban J connectivity index is 0.00000392. The SMILES string of the molecule is Cc1ccc(C(=O)NCC(F)(F)F)cc1NC(=O)[C@@H](N)Cc1ccccc1.Cl. The summed E-state index contributed by atoms with van der Waals surface area (Å²) in [6, 6.07) is 12.7. The summed E-state index contributed by atoms with van der Waals surface area (Å²) in [4.78, 5) is 24.2. The highest BCUT2D eigenvalue weighted by molar-refractivity contribution is 5.99. The molecule has 0 fully saturated rings. The zero-order chi connectivity index (χ0) is 20.0. The van der Waals surface area contributed by atoms with Gasteiger partial charge in [0.2, 0.25) is 5.91 Å². The monoisotopic (exact) mass is 415 g/mol. The van der Waals surface area contributed by atoms with Gasteiger partial charge in [0.1, 0.15) is 6.54 Å². The van der Waals surface area contributed by atoms with Crippen LogP contribution in [0.15, 0.2) is 48.5 Å². The summed E-state index contributed by atoms with van der Waals surface area (Å²) in [7, 11) is 0. The molecule has 5 nitrogen and oxygen atoms in total. The summed E-state index contributed by atoms with van der Waals surface area (Å²) in [5, 5.41) is 4.42. The molecule has 0 aliphatic carbocycles. The van der Waals surface area contributed by atoms with E-state index in [1.54, 1.807) is 18.3 Å². The van der Waals surface area contributed by atoms with Crippen molar-refractivity contribution in [3.8, 4) is 0 Å². The van der Waals surface area contributed by atoms with E-state index in [0.29, 0.717) is 17.7 Å². The molecule has 0 spiro atoms. The first-order valence-corrected chi connectivity index (χ1v) is 8.21. The van der Waals surface area contributed by atoms with Gasteiger partial charge >= 0.3 is 6.18 Å². The van der Waals surface area contributed by atoms with Crippen LogP contribution in [-0.4, -0.2) is 30.6 Å². The zero-order valence-electron chi connectivity index (χ0n) is 15.0. The molecular weight excluding hydrogens is 395 g/mol. The van der Waals surface area contributed by atoms with Crippen molar-refractivity contribution in [2.45, 2.75) is 25.6 Å². The number of hydrogen-bond acceptors (Lipinski definition) is 3. The maximum Gasteiger partial charge on any atom is 0.405 e. The highest BCUT2D eigenvalue weighted by atomic mass is 35.5. The number of anilines is 1. The topological polar surface area (TPSA) is 84.2 Å². The predicted octanol–water partition coefficient (Wildman–Crippen LogP) is 3.22. The highest BCUT2D eigenvalue weighted by Gasteiger charge is 2.28. The maximum atomic E-state index is 12.3. The summed E-state index contributed by atoms with van der Waals surface area (Å²) in [6.45, 7) is 0.277. The minimum Gasteiger partial charge on any atom is -0.343 e. The third-order valence-electron chi connectivity index (χ3n) is 3.84. The smallest absolute Gasteiger partial charge is 0.343 e. The Hall–Kier alpha value is -2.58. The third kappa shape index (κ3) is 7.21. The predicted molar refractivity (Wildman–Crippen MR) is 104 cm³/mol. The average molecular weight is 416 g/mol. The largest absolute Gasteiger partial charge is 0.405 e. The number of rotatable bonds is 6. The van der Waals surface area contributed by atoms with Gasteiger partial charge in [-0.05, 0) is 36.6 Å².